The van der Waals surface area contributed by atoms with Crippen molar-refractivity contribution in [3.8, 4) is 0 Å². The lowest BCUT2D eigenvalue weighted by molar-refractivity contribution is -0.0245. The smallest absolute Gasteiger partial charge is 0.267 e. The SMILES string of the molecule is CCc1nnsc1C(=O)N1CCO[C@@H](CCc2ccncn2)C1. The summed E-state index contributed by atoms with van der Waals surface area (Å²) < 4.78 is 9.69. The lowest BCUT2D eigenvalue weighted by Gasteiger charge is -2.32. The number of morpholine rings is 1. The van der Waals surface area contributed by atoms with E-state index in [9.17, 15) is 4.79 Å². The van der Waals surface area contributed by atoms with Crippen molar-refractivity contribution >= 4 is 17.4 Å². The van der Waals surface area contributed by atoms with Crippen molar-refractivity contribution in [1.29, 1.82) is 0 Å². The van der Waals surface area contributed by atoms with E-state index in [0.717, 1.165) is 30.7 Å². The van der Waals surface area contributed by atoms with Gasteiger partial charge in [-0.2, -0.15) is 0 Å². The summed E-state index contributed by atoms with van der Waals surface area (Å²) in [5.74, 6) is 0.0205. The van der Waals surface area contributed by atoms with Crippen molar-refractivity contribution in [1.82, 2.24) is 24.5 Å². The Morgan fingerprint density at radius 1 is 1.52 bits per heavy atom. The molecule has 23 heavy (non-hydrogen) atoms. The maximum Gasteiger partial charge on any atom is 0.267 e. The van der Waals surface area contributed by atoms with E-state index in [2.05, 4.69) is 19.6 Å². The second-order valence-electron chi connectivity index (χ2n) is 5.39. The van der Waals surface area contributed by atoms with Crippen LogP contribution < -0.4 is 0 Å². The van der Waals surface area contributed by atoms with E-state index < -0.39 is 0 Å². The average Bonchev–Trinajstić information content (AvgIpc) is 3.09. The lowest BCUT2D eigenvalue weighted by Crippen LogP contribution is -2.45. The first-order chi connectivity index (χ1) is 11.3. The molecule has 1 amide bonds. The molecule has 1 atom stereocenters. The van der Waals surface area contributed by atoms with Crippen LogP contribution in [0.4, 0.5) is 0 Å². The average molecular weight is 333 g/mol. The third-order valence-electron chi connectivity index (χ3n) is 3.88. The number of aryl methyl sites for hydroxylation is 2. The topological polar surface area (TPSA) is 81.1 Å². The minimum atomic E-state index is 0.0205. The minimum absolute atomic E-state index is 0.0205. The van der Waals surface area contributed by atoms with Gasteiger partial charge in [-0.15, -0.1) is 5.10 Å². The summed E-state index contributed by atoms with van der Waals surface area (Å²) in [6.07, 6.45) is 5.70. The van der Waals surface area contributed by atoms with E-state index in [4.69, 9.17) is 4.74 Å². The number of carbonyl (C=O) groups excluding carboxylic acids is 1. The van der Waals surface area contributed by atoms with Gasteiger partial charge in [0.15, 0.2) is 0 Å². The Kier molecular flexibility index (Phi) is 5.24. The van der Waals surface area contributed by atoms with Gasteiger partial charge in [0.2, 0.25) is 0 Å². The molecule has 3 heterocycles. The fourth-order valence-electron chi connectivity index (χ4n) is 2.60. The molecule has 0 spiro atoms. The van der Waals surface area contributed by atoms with E-state index in [1.54, 1.807) is 12.5 Å². The molecule has 122 valence electrons. The normalized spacial score (nSPS) is 18.1. The van der Waals surface area contributed by atoms with Crippen LogP contribution in [0.1, 0.15) is 34.4 Å². The molecular weight excluding hydrogens is 314 g/mol. The molecule has 0 aliphatic carbocycles. The zero-order chi connectivity index (χ0) is 16.1. The van der Waals surface area contributed by atoms with Crippen LogP contribution in [0.5, 0.6) is 0 Å². The summed E-state index contributed by atoms with van der Waals surface area (Å²) in [5, 5.41) is 4.02. The molecule has 1 fully saturated rings. The Morgan fingerprint density at radius 2 is 2.43 bits per heavy atom. The summed E-state index contributed by atoms with van der Waals surface area (Å²) in [7, 11) is 0. The van der Waals surface area contributed by atoms with E-state index >= 15 is 0 Å². The summed E-state index contributed by atoms with van der Waals surface area (Å²) >= 11 is 1.18. The number of hydrogen-bond donors (Lipinski definition) is 0. The van der Waals surface area contributed by atoms with Gasteiger partial charge in [0.1, 0.15) is 11.2 Å². The van der Waals surface area contributed by atoms with Gasteiger partial charge in [0.25, 0.3) is 5.91 Å². The summed E-state index contributed by atoms with van der Waals surface area (Å²) in [6, 6.07) is 1.91. The van der Waals surface area contributed by atoms with Gasteiger partial charge in [0, 0.05) is 25.0 Å². The molecule has 0 N–H and O–H groups in total. The summed E-state index contributed by atoms with van der Waals surface area (Å²) in [6.45, 7) is 3.76. The quantitative estimate of drug-likeness (QED) is 0.822. The molecule has 0 unspecified atom stereocenters. The number of carbonyl (C=O) groups is 1. The molecule has 1 aliphatic rings. The molecule has 0 saturated carbocycles. The Labute approximate surface area is 138 Å². The van der Waals surface area contributed by atoms with Crippen molar-refractivity contribution in [2.75, 3.05) is 19.7 Å². The van der Waals surface area contributed by atoms with Crippen molar-refractivity contribution in [2.45, 2.75) is 32.3 Å². The maximum absolute atomic E-state index is 12.6. The monoisotopic (exact) mass is 333 g/mol. The Balaban J connectivity index is 1.58. The van der Waals surface area contributed by atoms with Crippen LogP contribution in [-0.2, 0) is 17.6 Å². The highest BCUT2D eigenvalue weighted by molar-refractivity contribution is 7.08. The van der Waals surface area contributed by atoms with Crippen LogP contribution in [0.3, 0.4) is 0 Å². The van der Waals surface area contributed by atoms with E-state index in [0.29, 0.717) is 24.6 Å². The molecule has 1 aliphatic heterocycles. The highest BCUT2D eigenvalue weighted by Gasteiger charge is 2.27. The van der Waals surface area contributed by atoms with Gasteiger partial charge in [-0.1, -0.05) is 11.4 Å². The van der Waals surface area contributed by atoms with Gasteiger partial charge in [-0.3, -0.25) is 4.79 Å². The van der Waals surface area contributed by atoms with E-state index in [1.165, 1.54) is 11.5 Å². The fraction of sp³-hybridized carbons (Fsp3) is 0.533. The van der Waals surface area contributed by atoms with E-state index in [1.807, 2.05) is 17.9 Å². The first-order valence-corrected chi connectivity index (χ1v) is 8.52. The first-order valence-electron chi connectivity index (χ1n) is 7.75. The van der Waals surface area contributed by atoms with Crippen LogP contribution in [0.25, 0.3) is 0 Å². The van der Waals surface area contributed by atoms with Crippen LogP contribution in [0.2, 0.25) is 0 Å². The second-order valence-corrected chi connectivity index (χ2v) is 6.14. The predicted octanol–water partition coefficient (Wildman–Crippen LogP) is 1.36. The van der Waals surface area contributed by atoms with Crippen LogP contribution in [0, 0.1) is 0 Å². The molecule has 2 aromatic rings. The highest BCUT2D eigenvalue weighted by Crippen LogP contribution is 2.18. The van der Waals surface area contributed by atoms with Crippen LogP contribution in [-0.4, -0.2) is 56.2 Å². The number of hydrogen-bond acceptors (Lipinski definition) is 7. The van der Waals surface area contributed by atoms with Crippen molar-refractivity contribution < 1.29 is 9.53 Å². The number of nitrogens with zero attached hydrogens (tertiary/aromatic N) is 5. The highest BCUT2D eigenvalue weighted by atomic mass is 32.1. The van der Waals surface area contributed by atoms with Crippen molar-refractivity contribution in [3.05, 3.63) is 34.9 Å². The molecule has 0 radical (unpaired) electrons. The molecule has 0 aromatic carbocycles. The molecule has 3 rings (SSSR count). The second kappa shape index (κ2) is 7.56. The molecular formula is C15H19N5O2S. The standard InChI is InChI=1S/C15H19N5O2S/c1-2-13-14(23-19-18-13)15(21)20-7-8-22-12(9-20)4-3-11-5-6-16-10-17-11/h5-6,10,12H,2-4,7-9H2,1H3/t12-/m0/s1. The first kappa shape index (κ1) is 15.9. The third-order valence-corrected chi connectivity index (χ3v) is 4.63. The van der Waals surface area contributed by atoms with Crippen LogP contribution >= 0.6 is 11.5 Å². The minimum Gasteiger partial charge on any atom is -0.375 e. The molecule has 1 saturated heterocycles. The Hall–Kier alpha value is -1.93. The number of rotatable bonds is 5. The lowest BCUT2D eigenvalue weighted by atomic mass is 10.1. The van der Waals surface area contributed by atoms with Crippen LogP contribution in [0.15, 0.2) is 18.6 Å². The molecule has 0 bridgehead atoms. The van der Waals surface area contributed by atoms with Crippen molar-refractivity contribution in [3.63, 3.8) is 0 Å². The zero-order valence-electron chi connectivity index (χ0n) is 13.0. The van der Waals surface area contributed by atoms with E-state index in [-0.39, 0.29) is 12.0 Å². The summed E-state index contributed by atoms with van der Waals surface area (Å²) in [4.78, 5) is 23.3. The maximum atomic E-state index is 12.6. The fourth-order valence-corrected chi connectivity index (χ4v) is 3.32. The largest absolute Gasteiger partial charge is 0.375 e. The predicted molar refractivity (Wildman–Crippen MR) is 85.3 cm³/mol. The zero-order valence-corrected chi connectivity index (χ0v) is 13.8. The van der Waals surface area contributed by atoms with Gasteiger partial charge in [-0.25, -0.2) is 9.97 Å². The van der Waals surface area contributed by atoms with Crippen molar-refractivity contribution in [2.24, 2.45) is 0 Å². The summed E-state index contributed by atoms with van der Waals surface area (Å²) in [5.41, 5.74) is 1.77. The number of aromatic nitrogens is 4. The van der Waals surface area contributed by atoms with Gasteiger partial charge < -0.3 is 9.64 Å². The number of amides is 1. The third kappa shape index (κ3) is 3.89. The van der Waals surface area contributed by atoms with Gasteiger partial charge >= 0.3 is 0 Å². The Morgan fingerprint density at radius 3 is 3.22 bits per heavy atom. The molecule has 8 heteroatoms. The Bertz CT molecular complexity index is 648. The molecule has 2 aromatic heterocycles. The van der Waals surface area contributed by atoms with Gasteiger partial charge in [-0.05, 0) is 36.9 Å². The number of ether oxygens (including phenoxy) is 1. The molecule has 7 nitrogen and oxygen atoms in total. The van der Waals surface area contributed by atoms with Gasteiger partial charge in [0.05, 0.1) is 18.4 Å².